The van der Waals surface area contributed by atoms with Crippen LogP contribution in [0.4, 0.5) is 0 Å². The van der Waals surface area contributed by atoms with Gasteiger partial charge in [0, 0.05) is 11.6 Å². The van der Waals surface area contributed by atoms with Gasteiger partial charge in [-0.05, 0) is 56.3 Å². The van der Waals surface area contributed by atoms with Crippen LogP contribution in [-0.4, -0.2) is 44.7 Å². The number of imidazole rings is 1. The molecule has 1 aromatic heterocycles. The van der Waals surface area contributed by atoms with Gasteiger partial charge in [-0.3, -0.25) is 9.13 Å². The number of nitrogens with zero attached hydrogens (tertiary/aromatic N) is 3. The molecule has 1 aliphatic rings. The van der Waals surface area contributed by atoms with Crippen molar-refractivity contribution in [3.05, 3.63) is 61.4 Å². The van der Waals surface area contributed by atoms with Crippen LogP contribution in [0.2, 0.25) is 15.1 Å². The maximum absolute atomic E-state index is 13.8. The maximum atomic E-state index is 13.8. The van der Waals surface area contributed by atoms with E-state index < -0.39 is 5.97 Å². The minimum absolute atomic E-state index is 0. The van der Waals surface area contributed by atoms with Gasteiger partial charge in [-0.15, -0.1) is 12.4 Å². The second kappa shape index (κ2) is 10.1. The monoisotopic (exact) mass is 517 g/mol. The number of aromatic carboxylic acids is 1. The van der Waals surface area contributed by atoms with E-state index in [2.05, 4.69) is 11.8 Å². The van der Waals surface area contributed by atoms with Crippen molar-refractivity contribution in [2.45, 2.75) is 32.2 Å². The number of likely N-dealkylation sites (N-methyl/N-ethyl adjacent to an activating group) is 1. The van der Waals surface area contributed by atoms with Gasteiger partial charge in [-0.25, -0.2) is 9.59 Å². The fraction of sp³-hybridized carbons (Fsp3) is 0.364. The molecule has 0 amide bonds. The van der Waals surface area contributed by atoms with Gasteiger partial charge in [0.05, 0.1) is 38.4 Å². The lowest BCUT2D eigenvalue weighted by molar-refractivity contribution is 0.0697. The number of fused-ring (bicyclic) bond motifs is 1. The first-order valence-electron chi connectivity index (χ1n) is 10.2. The van der Waals surface area contributed by atoms with Crippen LogP contribution in [0.5, 0.6) is 0 Å². The van der Waals surface area contributed by atoms with Crippen molar-refractivity contribution in [2.75, 3.05) is 19.6 Å². The molecule has 10 heteroatoms. The summed E-state index contributed by atoms with van der Waals surface area (Å²) in [5.41, 5.74) is 1.11. The van der Waals surface area contributed by atoms with Crippen molar-refractivity contribution in [1.29, 1.82) is 0 Å². The Labute approximate surface area is 206 Å². The van der Waals surface area contributed by atoms with E-state index in [4.69, 9.17) is 34.8 Å². The summed E-state index contributed by atoms with van der Waals surface area (Å²) in [6, 6.07) is 7.67. The molecular formula is C22H23Cl4N3O3. The molecule has 0 aliphatic carbocycles. The molecule has 172 valence electrons. The summed E-state index contributed by atoms with van der Waals surface area (Å²) in [6.07, 6.45) is 2.86. The fourth-order valence-electron chi connectivity index (χ4n) is 4.35. The second-order valence-electron chi connectivity index (χ2n) is 7.76. The van der Waals surface area contributed by atoms with Crippen LogP contribution in [0, 0.1) is 0 Å². The predicted octanol–water partition coefficient (Wildman–Crippen LogP) is 5.92. The van der Waals surface area contributed by atoms with Gasteiger partial charge in [0.15, 0.2) is 0 Å². The second-order valence-corrected chi connectivity index (χ2v) is 9.01. The lowest BCUT2D eigenvalue weighted by atomic mass is 10.1. The number of carbonyl (C=O) groups is 1. The van der Waals surface area contributed by atoms with Gasteiger partial charge < -0.3 is 10.0 Å². The number of rotatable bonds is 4. The fourth-order valence-corrected chi connectivity index (χ4v) is 5.14. The number of hydrogen-bond donors (Lipinski definition) is 1. The Morgan fingerprint density at radius 1 is 1.12 bits per heavy atom. The molecule has 2 heterocycles. The number of carboxylic acid groups (broad SMARTS) is 1. The molecule has 32 heavy (non-hydrogen) atoms. The largest absolute Gasteiger partial charge is 0.478 e. The molecule has 0 spiro atoms. The topological polar surface area (TPSA) is 67.5 Å². The highest BCUT2D eigenvalue weighted by Gasteiger charge is 2.27. The van der Waals surface area contributed by atoms with Crippen molar-refractivity contribution in [1.82, 2.24) is 14.0 Å². The van der Waals surface area contributed by atoms with Gasteiger partial charge in [0.25, 0.3) is 0 Å². The molecule has 1 N–H and O–H groups in total. The van der Waals surface area contributed by atoms with Gasteiger partial charge in [-0.2, -0.15) is 0 Å². The molecule has 1 atom stereocenters. The Bertz CT molecular complexity index is 1220. The summed E-state index contributed by atoms with van der Waals surface area (Å²) in [5.74, 6) is -1.10. The molecule has 4 rings (SSSR count). The van der Waals surface area contributed by atoms with E-state index in [0.29, 0.717) is 33.3 Å². The summed E-state index contributed by atoms with van der Waals surface area (Å²) in [7, 11) is 0. The molecule has 1 saturated heterocycles. The number of aromatic nitrogens is 2. The van der Waals surface area contributed by atoms with Crippen LogP contribution in [0.1, 0.15) is 42.6 Å². The molecule has 0 saturated carbocycles. The molecule has 1 unspecified atom stereocenters. The highest BCUT2D eigenvalue weighted by molar-refractivity contribution is 6.37. The molecule has 6 nitrogen and oxygen atoms in total. The summed E-state index contributed by atoms with van der Waals surface area (Å²) in [6.45, 7) is 4.67. The predicted molar refractivity (Wildman–Crippen MR) is 132 cm³/mol. The highest BCUT2D eigenvalue weighted by atomic mass is 35.5. The number of hydrogen-bond acceptors (Lipinski definition) is 3. The number of halogens is 4. The van der Waals surface area contributed by atoms with Crippen LogP contribution in [0.25, 0.3) is 16.7 Å². The first-order valence-corrected chi connectivity index (χ1v) is 11.3. The Morgan fingerprint density at radius 2 is 1.88 bits per heavy atom. The van der Waals surface area contributed by atoms with E-state index in [1.807, 2.05) is 0 Å². The summed E-state index contributed by atoms with van der Waals surface area (Å²) < 4.78 is 3.15. The van der Waals surface area contributed by atoms with Crippen LogP contribution in [0.3, 0.4) is 0 Å². The van der Waals surface area contributed by atoms with E-state index in [-0.39, 0.29) is 34.7 Å². The smallest absolute Gasteiger partial charge is 0.335 e. The zero-order chi connectivity index (χ0) is 22.3. The first-order chi connectivity index (χ1) is 14.8. The summed E-state index contributed by atoms with van der Waals surface area (Å²) in [4.78, 5) is 27.8. The average Bonchev–Trinajstić information content (AvgIpc) is 2.87. The molecule has 2 aromatic carbocycles. The Hall–Kier alpha value is -1.70. The zero-order valence-corrected chi connectivity index (χ0v) is 20.4. The highest BCUT2D eigenvalue weighted by Crippen LogP contribution is 2.33. The first kappa shape index (κ1) is 24.9. The van der Waals surface area contributed by atoms with Crippen molar-refractivity contribution >= 4 is 64.2 Å². The van der Waals surface area contributed by atoms with Gasteiger partial charge >= 0.3 is 11.7 Å². The van der Waals surface area contributed by atoms with E-state index in [0.717, 1.165) is 32.4 Å². The number of benzene rings is 2. The quantitative estimate of drug-likeness (QED) is 0.465. The third-order valence-electron chi connectivity index (χ3n) is 5.86. The van der Waals surface area contributed by atoms with E-state index in [1.165, 1.54) is 16.7 Å². The third-order valence-corrected chi connectivity index (χ3v) is 6.69. The third kappa shape index (κ3) is 4.52. The molecule has 1 aliphatic heterocycles. The van der Waals surface area contributed by atoms with Crippen LogP contribution in [-0.2, 0) is 0 Å². The maximum Gasteiger partial charge on any atom is 0.335 e. The lowest BCUT2D eigenvalue weighted by Gasteiger charge is -2.23. The summed E-state index contributed by atoms with van der Waals surface area (Å²) in [5, 5.41) is 10.5. The Morgan fingerprint density at radius 3 is 2.53 bits per heavy atom. The average molecular weight is 519 g/mol. The Kier molecular flexibility index (Phi) is 7.84. The van der Waals surface area contributed by atoms with Crippen molar-refractivity contribution in [3.8, 4) is 5.69 Å². The van der Waals surface area contributed by atoms with Crippen LogP contribution in [0.15, 0.2) is 35.1 Å². The normalized spacial score (nSPS) is 17.2. The minimum Gasteiger partial charge on any atom is -0.478 e. The lowest BCUT2D eigenvalue weighted by Crippen LogP contribution is -2.34. The molecule has 0 radical (unpaired) electrons. The zero-order valence-electron chi connectivity index (χ0n) is 17.4. The SMILES string of the molecule is CCN1CCCCC(n2c(=O)n(-c3ccc(Cl)cc3Cl)c3c(Cl)cc(C(=O)O)cc32)C1.Cl. The van der Waals surface area contributed by atoms with Crippen LogP contribution < -0.4 is 5.69 Å². The van der Waals surface area contributed by atoms with Gasteiger partial charge in [0.1, 0.15) is 0 Å². The number of likely N-dealkylation sites (tertiary alicyclic amines) is 1. The van der Waals surface area contributed by atoms with Crippen LogP contribution >= 0.6 is 47.2 Å². The van der Waals surface area contributed by atoms with E-state index >= 15 is 0 Å². The van der Waals surface area contributed by atoms with E-state index in [9.17, 15) is 14.7 Å². The Balaban J connectivity index is 0.00000289. The van der Waals surface area contributed by atoms with E-state index in [1.54, 1.807) is 22.8 Å². The van der Waals surface area contributed by atoms with Gasteiger partial charge in [0.2, 0.25) is 0 Å². The van der Waals surface area contributed by atoms with Crippen molar-refractivity contribution in [3.63, 3.8) is 0 Å². The van der Waals surface area contributed by atoms with Crippen molar-refractivity contribution < 1.29 is 9.90 Å². The minimum atomic E-state index is -1.10. The summed E-state index contributed by atoms with van der Waals surface area (Å²) >= 11 is 19.0. The molecule has 3 aromatic rings. The van der Waals surface area contributed by atoms with Crippen molar-refractivity contribution in [2.24, 2.45) is 0 Å². The number of carboxylic acids is 1. The molecule has 1 fully saturated rings. The standard InChI is InChI=1S/C22H22Cl3N3O3.ClH/c1-2-26-8-4-3-5-15(12-26)27-19-10-13(21(29)30)9-17(25)20(19)28(22(27)31)18-7-6-14(23)11-16(18)24;/h6-7,9-11,15H,2-5,8,12H2,1H3,(H,29,30);1H. The van der Waals surface area contributed by atoms with Gasteiger partial charge in [-0.1, -0.05) is 48.1 Å². The molecule has 0 bridgehead atoms. The molecular weight excluding hydrogens is 496 g/mol.